The van der Waals surface area contributed by atoms with Gasteiger partial charge in [-0.15, -0.1) is 0 Å². The molecule has 0 radical (unpaired) electrons. The van der Waals surface area contributed by atoms with Crippen molar-refractivity contribution in [1.82, 2.24) is 0 Å². The van der Waals surface area contributed by atoms with Crippen LogP contribution in [-0.2, 0) is 0 Å². The summed E-state index contributed by atoms with van der Waals surface area (Å²) in [6.07, 6.45) is -24.2. The molecule has 0 aliphatic heterocycles. The second kappa shape index (κ2) is 25.9. The molecule has 0 N–H and O–H groups in total. The van der Waals surface area contributed by atoms with Gasteiger partial charge in [0.15, 0.2) is 12.2 Å². The van der Waals surface area contributed by atoms with E-state index >= 15 is 0 Å². The van der Waals surface area contributed by atoms with Crippen molar-refractivity contribution < 1.29 is 79.0 Å². The fourth-order valence-electron chi connectivity index (χ4n) is 1.24. The first-order valence-electron chi connectivity index (χ1n) is 7.80. The van der Waals surface area contributed by atoms with E-state index in [2.05, 4.69) is 6.58 Å². The fourth-order valence-corrected chi connectivity index (χ4v) is 1.24. The lowest BCUT2D eigenvalue weighted by molar-refractivity contribution is -0.292. The molecular formula is C22H40F18. The minimum atomic E-state index is -6.16. The van der Waals surface area contributed by atoms with Gasteiger partial charge in [0.2, 0.25) is 11.8 Å². The number of allylic oxidation sites excluding steroid dienone is 1. The first-order chi connectivity index (χ1) is 14.6. The minimum Gasteiger partial charge on any atom is -0.237 e. The summed E-state index contributed by atoms with van der Waals surface area (Å²) in [6, 6.07) is 0. The topological polar surface area (TPSA) is 0 Å². The van der Waals surface area contributed by atoms with Crippen LogP contribution >= 0.6 is 0 Å². The molecule has 2 unspecified atom stereocenters. The highest BCUT2D eigenvalue weighted by molar-refractivity contribution is 5.02. The molecule has 18 heteroatoms. The largest absolute Gasteiger partial charge is 0.442 e. The van der Waals surface area contributed by atoms with Crippen LogP contribution < -0.4 is 0 Å². The van der Waals surface area contributed by atoms with Crippen molar-refractivity contribution in [2.45, 2.75) is 107 Å². The molecule has 0 heterocycles. The summed E-state index contributed by atoms with van der Waals surface area (Å²) >= 11 is 0. The van der Waals surface area contributed by atoms with Gasteiger partial charge in [0.05, 0.1) is 6.42 Å². The van der Waals surface area contributed by atoms with Crippen molar-refractivity contribution in [1.29, 1.82) is 0 Å². The van der Waals surface area contributed by atoms with Gasteiger partial charge in [-0.05, 0) is 6.58 Å². The average molecular weight is 647 g/mol. The Balaban J connectivity index is -0.0000000432. The maximum Gasteiger partial charge on any atom is 0.442 e. The highest BCUT2D eigenvalue weighted by atomic mass is 19.4. The third-order valence-corrected chi connectivity index (χ3v) is 2.74. The van der Waals surface area contributed by atoms with Crippen LogP contribution in [0.4, 0.5) is 79.0 Å². The standard InChI is InChI=1S/C9H11F9.C3H2F4.C2HF3.C2H2F2.6CH4/c1-3-7(13,14)4-8(15,9(16,17)18)5(10)6(2,11)12;1-2(4)3(5,6)7;3-1-2(4)5;1-2(3)4;;;;;;/h5H,3-4H2,1-2H3;1H2;1H;1H2;6*1H4. The van der Waals surface area contributed by atoms with Crippen molar-refractivity contribution in [3.8, 4) is 0 Å². The molecule has 0 fully saturated rings. The smallest absolute Gasteiger partial charge is 0.237 e. The molecule has 40 heavy (non-hydrogen) atoms. The first kappa shape index (κ1) is 66.3. The summed E-state index contributed by atoms with van der Waals surface area (Å²) in [5.74, 6) is -11.2. The molecule has 0 nitrogen and oxygen atoms in total. The van der Waals surface area contributed by atoms with E-state index in [4.69, 9.17) is 0 Å². The summed E-state index contributed by atoms with van der Waals surface area (Å²) in [5, 5.41) is 0. The second-order valence-corrected chi connectivity index (χ2v) is 5.71. The van der Waals surface area contributed by atoms with Crippen molar-refractivity contribution in [2.24, 2.45) is 0 Å². The molecule has 2 atom stereocenters. The lowest BCUT2D eigenvalue weighted by atomic mass is 9.88. The van der Waals surface area contributed by atoms with Gasteiger partial charge in [-0.2, -0.15) is 43.9 Å². The minimum absolute atomic E-state index is 0. The molecule has 0 bridgehead atoms. The number of halogens is 18. The van der Waals surface area contributed by atoms with Gasteiger partial charge < -0.3 is 0 Å². The van der Waals surface area contributed by atoms with E-state index in [1.54, 1.807) is 0 Å². The summed E-state index contributed by atoms with van der Waals surface area (Å²) in [4.78, 5) is 0. The Morgan fingerprint density at radius 3 is 1.02 bits per heavy atom. The molecule has 0 aromatic carbocycles. The molecule has 0 aromatic heterocycles. The summed E-state index contributed by atoms with van der Waals surface area (Å²) < 4.78 is 208. The molecule has 254 valence electrons. The summed E-state index contributed by atoms with van der Waals surface area (Å²) in [6.45, 7) is 4.68. The second-order valence-electron chi connectivity index (χ2n) is 5.71. The van der Waals surface area contributed by atoms with Crippen LogP contribution in [0.15, 0.2) is 37.5 Å². The van der Waals surface area contributed by atoms with Crippen molar-refractivity contribution in [2.75, 3.05) is 0 Å². The van der Waals surface area contributed by atoms with Gasteiger partial charge in [-0.25, -0.2) is 35.1 Å². The van der Waals surface area contributed by atoms with Gasteiger partial charge >= 0.3 is 12.4 Å². The Bertz CT molecular complexity index is 621. The van der Waals surface area contributed by atoms with Gasteiger partial charge in [0, 0.05) is 13.3 Å². The molecule has 0 rings (SSSR count). The summed E-state index contributed by atoms with van der Waals surface area (Å²) in [7, 11) is 0. The van der Waals surface area contributed by atoms with Gasteiger partial charge in [0.25, 0.3) is 24.0 Å². The molecule has 0 saturated heterocycles. The van der Waals surface area contributed by atoms with E-state index in [0.29, 0.717) is 0 Å². The number of rotatable bonds is 5. The normalized spacial score (nSPS) is 12.3. The maximum atomic E-state index is 13.4. The van der Waals surface area contributed by atoms with E-state index in [1.807, 2.05) is 6.58 Å². The third-order valence-electron chi connectivity index (χ3n) is 2.74. The van der Waals surface area contributed by atoms with Crippen LogP contribution in [0.25, 0.3) is 0 Å². The summed E-state index contributed by atoms with van der Waals surface area (Å²) in [5.41, 5.74) is -5.30. The van der Waals surface area contributed by atoms with Gasteiger partial charge in [-0.1, -0.05) is 58.1 Å². The van der Waals surface area contributed by atoms with Crippen molar-refractivity contribution >= 4 is 0 Å². The fraction of sp³-hybridized carbons (Fsp3) is 0.727. The zero-order chi connectivity index (χ0) is 28.9. The predicted molar refractivity (Wildman–Crippen MR) is 125 cm³/mol. The van der Waals surface area contributed by atoms with Crippen LogP contribution in [0.5, 0.6) is 0 Å². The maximum absolute atomic E-state index is 13.4. The van der Waals surface area contributed by atoms with Crippen LogP contribution in [0.1, 0.15) is 71.2 Å². The zero-order valence-corrected chi connectivity index (χ0v) is 16.8. The molecular weight excluding hydrogens is 606 g/mol. The Hall–Kier alpha value is -2.04. The molecule has 0 aliphatic rings. The Kier molecular flexibility index (Phi) is 42.9. The van der Waals surface area contributed by atoms with E-state index in [1.165, 1.54) is 0 Å². The lowest BCUT2D eigenvalue weighted by Crippen LogP contribution is -2.57. The van der Waals surface area contributed by atoms with Crippen LogP contribution in [0.3, 0.4) is 0 Å². The molecule has 0 saturated carbocycles. The Morgan fingerprint density at radius 1 is 0.700 bits per heavy atom. The van der Waals surface area contributed by atoms with E-state index < -0.39 is 73.2 Å². The Morgan fingerprint density at radius 2 is 0.925 bits per heavy atom. The van der Waals surface area contributed by atoms with E-state index in [9.17, 15) is 79.0 Å². The Labute approximate surface area is 224 Å². The average Bonchev–Trinajstić information content (AvgIpc) is 2.58. The number of hydrogen-bond acceptors (Lipinski definition) is 0. The quantitative estimate of drug-likeness (QED) is 0.261. The van der Waals surface area contributed by atoms with Crippen LogP contribution in [0, 0.1) is 0 Å². The number of hydrogen-bond donors (Lipinski definition) is 0. The molecule has 0 amide bonds. The monoisotopic (exact) mass is 646 g/mol. The highest BCUT2D eigenvalue weighted by Crippen LogP contribution is 2.49. The van der Waals surface area contributed by atoms with E-state index in [0.717, 1.165) is 6.92 Å². The zero-order valence-electron chi connectivity index (χ0n) is 16.8. The van der Waals surface area contributed by atoms with Crippen LogP contribution in [-0.4, -0.2) is 36.0 Å². The van der Waals surface area contributed by atoms with E-state index in [-0.39, 0.29) is 51.5 Å². The van der Waals surface area contributed by atoms with Gasteiger partial charge in [0.1, 0.15) is 0 Å². The number of alkyl halides is 12. The SMILES string of the molecule is C.C.C.C.C.C.C=C(F)C(F)(F)F.C=C(F)F.CCC(F)(F)CC(F)(C(F)C(C)(F)F)C(F)(F)F.FC=C(F)F. The van der Waals surface area contributed by atoms with Gasteiger partial charge in [-0.3, -0.25) is 0 Å². The lowest BCUT2D eigenvalue weighted by Gasteiger charge is -2.35. The van der Waals surface area contributed by atoms with Crippen molar-refractivity contribution in [3.63, 3.8) is 0 Å². The molecule has 0 aliphatic carbocycles. The first-order valence-corrected chi connectivity index (χ1v) is 7.80. The molecule has 0 spiro atoms. The van der Waals surface area contributed by atoms with Crippen LogP contribution in [0.2, 0.25) is 0 Å². The van der Waals surface area contributed by atoms with Crippen molar-refractivity contribution in [3.05, 3.63) is 37.5 Å². The molecule has 0 aromatic rings. The third kappa shape index (κ3) is 34.0. The predicted octanol–water partition coefficient (Wildman–Crippen LogP) is 13.6. The highest BCUT2D eigenvalue weighted by Gasteiger charge is 2.69.